The van der Waals surface area contributed by atoms with Gasteiger partial charge in [-0.15, -0.1) is 0 Å². The molecule has 3 unspecified atom stereocenters. The van der Waals surface area contributed by atoms with E-state index < -0.39 is 6.61 Å². The third-order valence-corrected chi connectivity index (χ3v) is 5.22. The number of hydrogen-bond donors (Lipinski definition) is 1. The molecule has 0 aliphatic heterocycles. The predicted octanol–water partition coefficient (Wildman–Crippen LogP) is 3.66. The highest BCUT2D eigenvalue weighted by Crippen LogP contribution is 2.29. The molecular formula is C19H28F2N2O2. The van der Waals surface area contributed by atoms with Crippen molar-refractivity contribution >= 4 is 5.91 Å². The second kappa shape index (κ2) is 9.13. The van der Waals surface area contributed by atoms with Crippen LogP contribution in [0.5, 0.6) is 5.75 Å². The van der Waals surface area contributed by atoms with Crippen LogP contribution < -0.4 is 10.1 Å². The van der Waals surface area contributed by atoms with Crippen LogP contribution in [0.4, 0.5) is 8.78 Å². The van der Waals surface area contributed by atoms with Gasteiger partial charge in [0.25, 0.3) is 0 Å². The third kappa shape index (κ3) is 5.96. The first-order valence-electron chi connectivity index (χ1n) is 8.88. The zero-order valence-electron chi connectivity index (χ0n) is 15.2. The maximum atomic E-state index is 12.3. The van der Waals surface area contributed by atoms with Gasteiger partial charge in [-0.25, -0.2) is 0 Å². The van der Waals surface area contributed by atoms with Crippen LogP contribution in [0.2, 0.25) is 0 Å². The molecule has 2 rings (SSSR count). The van der Waals surface area contributed by atoms with Crippen molar-refractivity contribution in [3.63, 3.8) is 0 Å². The fourth-order valence-corrected chi connectivity index (χ4v) is 3.36. The van der Waals surface area contributed by atoms with Crippen molar-refractivity contribution in [3.05, 3.63) is 29.8 Å². The first-order chi connectivity index (χ1) is 11.9. The van der Waals surface area contributed by atoms with Gasteiger partial charge >= 0.3 is 6.61 Å². The minimum atomic E-state index is -2.83. The molecule has 1 saturated carbocycles. The van der Waals surface area contributed by atoms with Crippen molar-refractivity contribution in [2.75, 3.05) is 13.6 Å². The van der Waals surface area contributed by atoms with Gasteiger partial charge in [0.2, 0.25) is 5.91 Å². The van der Waals surface area contributed by atoms with Crippen LogP contribution in [-0.2, 0) is 11.3 Å². The SMILES string of the molecule is CC1CCCC(NCC(=O)N(C)Cc2ccc(OC(F)F)cc2)C1C. The van der Waals surface area contributed by atoms with Gasteiger partial charge in [0.15, 0.2) is 0 Å². The number of carbonyl (C=O) groups excluding carboxylic acids is 1. The Morgan fingerprint density at radius 2 is 1.96 bits per heavy atom. The normalized spacial score (nSPS) is 23.5. The van der Waals surface area contributed by atoms with Crippen LogP contribution in [0.1, 0.15) is 38.7 Å². The Morgan fingerprint density at radius 3 is 2.60 bits per heavy atom. The predicted molar refractivity (Wildman–Crippen MR) is 93.5 cm³/mol. The van der Waals surface area contributed by atoms with Crippen molar-refractivity contribution in [1.29, 1.82) is 0 Å². The number of likely N-dealkylation sites (N-methyl/N-ethyl adjacent to an activating group) is 1. The molecule has 1 fully saturated rings. The highest BCUT2D eigenvalue weighted by molar-refractivity contribution is 5.78. The second-order valence-corrected chi connectivity index (χ2v) is 7.03. The standard InChI is InChI=1S/C19H28F2N2O2/c1-13-5-4-6-17(14(13)2)22-11-18(24)23(3)12-15-7-9-16(10-8-15)25-19(20)21/h7-10,13-14,17,19,22H,4-6,11-12H2,1-3H3. The highest BCUT2D eigenvalue weighted by atomic mass is 19.3. The molecule has 140 valence electrons. The van der Waals surface area contributed by atoms with Crippen molar-refractivity contribution < 1.29 is 18.3 Å². The van der Waals surface area contributed by atoms with Crippen LogP contribution >= 0.6 is 0 Å². The maximum absolute atomic E-state index is 12.3. The largest absolute Gasteiger partial charge is 0.435 e. The molecule has 3 atom stereocenters. The second-order valence-electron chi connectivity index (χ2n) is 7.03. The number of amides is 1. The maximum Gasteiger partial charge on any atom is 0.387 e. The third-order valence-electron chi connectivity index (χ3n) is 5.22. The first-order valence-corrected chi connectivity index (χ1v) is 8.88. The average Bonchev–Trinajstić information content (AvgIpc) is 2.57. The minimum absolute atomic E-state index is 0.0262. The van der Waals surface area contributed by atoms with Gasteiger partial charge in [-0.3, -0.25) is 4.79 Å². The molecule has 6 heteroatoms. The lowest BCUT2D eigenvalue weighted by atomic mass is 9.78. The number of rotatable bonds is 7. The van der Waals surface area contributed by atoms with E-state index in [-0.39, 0.29) is 11.7 Å². The van der Waals surface area contributed by atoms with E-state index in [0.717, 1.165) is 12.0 Å². The van der Waals surface area contributed by atoms with E-state index >= 15 is 0 Å². The van der Waals surface area contributed by atoms with Crippen molar-refractivity contribution in [2.45, 2.75) is 52.3 Å². The molecule has 1 N–H and O–H groups in total. The van der Waals surface area contributed by atoms with Gasteiger partial charge in [0.05, 0.1) is 6.54 Å². The first kappa shape index (κ1) is 19.6. The molecule has 1 amide bonds. The summed E-state index contributed by atoms with van der Waals surface area (Å²) >= 11 is 0. The van der Waals surface area contributed by atoms with E-state index in [2.05, 4.69) is 23.9 Å². The molecule has 0 saturated heterocycles. The summed E-state index contributed by atoms with van der Waals surface area (Å²) in [5, 5.41) is 3.40. The molecule has 0 aromatic heterocycles. The Hall–Kier alpha value is -1.69. The van der Waals surface area contributed by atoms with Gasteiger partial charge < -0.3 is 15.0 Å². The fraction of sp³-hybridized carbons (Fsp3) is 0.632. The highest BCUT2D eigenvalue weighted by Gasteiger charge is 2.27. The van der Waals surface area contributed by atoms with Crippen LogP contribution in [0.25, 0.3) is 0 Å². The van der Waals surface area contributed by atoms with E-state index in [1.807, 2.05) is 0 Å². The molecule has 1 aliphatic carbocycles. The molecule has 0 bridgehead atoms. The Labute approximate surface area is 148 Å². The van der Waals surface area contributed by atoms with E-state index in [0.29, 0.717) is 31.0 Å². The van der Waals surface area contributed by atoms with Crippen LogP contribution in [0.15, 0.2) is 24.3 Å². The molecule has 1 aromatic carbocycles. The quantitative estimate of drug-likeness (QED) is 0.812. The zero-order chi connectivity index (χ0) is 18.4. The Bertz CT molecular complexity index is 551. The van der Waals surface area contributed by atoms with E-state index in [4.69, 9.17) is 0 Å². The number of hydrogen-bond acceptors (Lipinski definition) is 3. The Morgan fingerprint density at radius 1 is 1.28 bits per heavy atom. The number of nitrogens with one attached hydrogen (secondary N) is 1. The number of ether oxygens (including phenoxy) is 1. The molecule has 0 spiro atoms. The molecule has 25 heavy (non-hydrogen) atoms. The van der Waals surface area contributed by atoms with Gasteiger partial charge in [-0.05, 0) is 36.0 Å². The summed E-state index contributed by atoms with van der Waals surface area (Å²) in [5.74, 6) is 1.41. The lowest BCUT2D eigenvalue weighted by molar-refractivity contribution is -0.129. The summed E-state index contributed by atoms with van der Waals surface area (Å²) in [6.07, 6.45) is 3.59. The van der Waals surface area contributed by atoms with Gasteiger partial charge in [0.1, 0.15) is 5.75 Å². The van der Waals surface area contributed by atoms with Crippen molar-refractivity contribution in [3.8, 4) is 5.75 Å². The van der Waals surface area contributed by atoms with Crippen molar-refractivity contribution in [1.82, 2.24) is 10.2 Å². The Balaban J connectivity index is 1.79. The number of halogens is 2. The minimum Gasteiger partial charge on any atom is -0.435 e. The molecule has 0 radical (unpaired) electrons. The van der Waals surface area contributed by atoms with Gasteiger partial charge in [-0.1, -0.05) is 38.8 Å². The Kier molecular flexibility index (Phi) is 7.17. The molecule has 1 aliphatic rings. The molecule has 1 aromatic rings. The number of benzene rings is 1. The van der Waals surface area contributed by atoms with E-state index in [1.165, 1.54) is 25.0 Å². The summed E-state index contributed by atoms with van der Waals surface area (Å²) in [4.78, 5) is 14.0. The summed E-state index contributed by atoms with van der Waals surface area (Å²) in [5.41, 5.74) is 0.872. The average molecular weight is 354 g/mol. The van der Waals surface area contributed by atoms with E-state index in [9.17, 15) is 13.6 Å². The monoisotopic (exact) mass is 354 g/mol. The summed E-state index contributed by atoms with van der Waals surface area (Å²) in [7, 11) is 1.75. The molecule has 0 heterocycles. The summed E-state index contributed by atoms with van der Waals surface area (Å²) in [6.45, 7) is 2.45. The molecule has 4 nitrogen and oxygen atoms in total. The van der Waals surface area contributed by atoms with Crippen molar-refractivity contribution in [2.24, 2.45) is 11.8 Å². The smallest absolute Gasteiger partial charge is 0.387 e. The van der Waals surface area contributed by atoms with Gasteiger partial charge in [-0.2, -0.15) is 8.78 Å². The fourth-order valence-electron chi connectivity index (χ4n) is 3.36. The van der Waals surface area contributed by atoms with Crippen LogP contribution in [-0.4, -0.2) is 37.1 Å². The summed E-state index contributed by atoms with van der Waals surface area (Å²) in [6, 6.07) is 6.76. The van der Waals surface area contributed by atoms with Crippen LogP contribution in [0.3, 0.4) is 0 Å². The number of alkyl halides is 2. The lowest BCUT2D eigenvalue weighted by Gasteiger charge is -2.35. The molecular weight excluding hydrogens is 326 g/mol. The van der Waals surface area contributed by atoms with Gasteiger partial charge in [0, 0.05) is 19.6 Å². The number of carbonyl (C=O) groups is 1. The lowest BCUT2D eigenvalue weighted by Crippen LogP contribution is -2.45. The summed E-state index contributed by atoms with van der Waals surface area (Å²) < 4.78 is 28.6. The van der Waals surface area contributed by atoms with Crippen LogP contribution in [0, 0.1) is 11.8 Å². The number of nitrogens with zero attached hydrogens (tertiary/aromatic N) is 1. The zero-order valence-corrected chi connectivity index (χ0v) is 15.2. The van der Waals surface area contributed by atoms with E-state index in [1.54, 1.807) is 24.1 Å². The topological polar surface area (TPSA) is 41.6 Å².